The second-order valence-corrected chi connectivity index (χ2v) is 19.4. The van der Waals surface area contributed by atoms with Gasteiger partial charge in [0.1, 0.15) is 12.6 Å². The van der Waals surface area contributed by atoms with E-state index >= 15 is 0 Å². The first-order chi connectivity index (χ1) is 37.3. The number of hydrogen-bond donors (Lipinski definition) is 0. The van der Waals surface area contributed by atoms with Crippen LogP contribution in [0, 0.1) is 51.9 Å². The number of benzene rings is 7. The normalized spacial score (nSPS) is 18.7. The second-order valence-electron chi connectivity index (χ2n) is 19.4. The van der Waals surface area contributed by atoms with E-state index in [9.17, 15) is 9.59 Å². The molecular weight excluding hydrogens is 1080 g/mol. The van der Waals surface area contributed by atoms with E-state index in [4.69, 9.17) is 0 Å². The summed E-state index contributed by atoms with van der Waals surface area (Å²) in [4.78, 5) is 29.8. The standard InChI is InChI=1S/C34H32N4.C9H10O.C8H8O.C8H8.C7H8.2C2H6.2CH4.2CH3.Rh.H2/c1-35-21-37(31-17-9-7-15-29(31)35)19-27-28(20-38-22-36(2)30-16-8-10-18-32(30)38)34-25-13-5-3-11-23(25)33(27)24-12-4-6-14-26(24)34;1-8(7-10)9-5-3-2-4-6-9;9-7-6-8-4-2-1-3-5-8;1-2-8-6-4-3-5-7-8;1-2-7-4-3-6(1)5-7;2*1-2;;;;;;/h3-18,21-22,27-28,33-34H,19-20H2,1-2H3;2-8H,1H3;1-5,7H,6H2;2-7H,1H2;1-4,6-7H,5H2;2*1-2H3;2*1H4;2*1H3;;1H/q-2;;;;;;;;;2*-1;;. The molecule has 0 amide bonds. The van der Waals surface area contributed by atoms with Crippen LogP contribution in [0.2, 0.25) is 0 Å². The number of aldehydes is 2. The molecule has 6 nitrogen and oxygen atoms in total. The summed E-state index contributed by atoms with van der Waals surface area (Å²) >= 11 is 0. The number of para-hydroxylation sites is 4. The minimum atomic E-state index is 0. The summed E-state index contributed by atoms with van der Waals surface area (Å²) < 4.78 is 0. The molecule has 3 unspecified atom stereocenters. The molecule has 14 rings (SSSR count). The van der Waals surface area contributed by atoms with Crippen LogP contribution in [0.25, 0.3) is 6.08 Å². The van der Waals surface area contributed by atoms with Gasteiger partial charge in [0.25, 0.3) is 0 Å². The van der Waals surface area contributed by atoms with Gasteiger partial charge in [0, 0.05) is 67.8 Å². The molecule has 7 aliphatic rings. The van der Waals surface area contributed by atoms with E-state index in [2.05, 4.69) is 175 Å². The van der Waals surface area contributed by atoms with Gasteiger partial charge < -0.3 is 44.0 Å². The average Bonchev–Trinajstić information content (AvgIpc) is 4.31. The van der Waals surface area contributed by atoms with Crippen LogP contribution in [-0.4, -0.2) is 39.8 Å². The smallest absolute Gasteiger partial charge is 0.127 e. The topological polar surface area (TPSA) is 47.1 Å². The van der Waals surface area contributed by atoms with Crippen molar-refractivity contribution in [3.8, 4) is 0 Å². The molecule has 4 bridgehead atoms. The fraction of sp³-hybridized carbons (Fsp3) is 0.270. The molecule has 0 aromatic heterocycles. The largest absolute Gasteiger partial charge is 0.504 e. The van der Waals surface area contributed by atoms with Gasteiger partial charge in [-0.25, -0.2) is 0 Å². The molecule has 2 heterocycles. The quantitative estimate of drug-likeness (QED) is 0.0621. The van der Waals surface area contributed by atoms with Crippen molar-refractivity contribution in [3.05, 3.63) is 286 Å². The van der Waals surface area contributed by atoms with Gasteiger partial charge in [-0.3, -0.25) is 0 Å². The number of nitrogens with zero attached hydrogens (tertiary/aromatic N) is 4. The molecule has 2 aliphatic heterocycles. The molecule has 7 heteroatoms. The molecule has 7 aromatic carbocycles. The van der Waals surface area contributed by atoms with Gasteiger partial charge in [-0.15, -0.1) is 0 Å². The van der Waals surface area contributed by atoms with Crippen LogP contribution in [0.3, 0.4) is 0 Å². The van der Waals surface area contributed by atoms with Crippen molar-refractivity contribution in [2.75, 3.05) is 46.8 Å². The Morgan fingerprint density at radius 2 is 0.852 bits per heavy atom. The number of carbonyl (C=O) groups excluding carboxylic acids is 2. The Morgan fingerprint density at radius 3 is 1.17 bits per heavy atom. The number of anilines is 4. The molecule has 0 N–H and O–H groups in total. The number of rotatable bonds is 9. The van der Waals surface area contributed by atoms with Gasteiger partial charge in [0.15, 0.2) is 0 Å². The van der Waals surface area contributed by atoms with E-state index in [0.29, 0.717) is 30.1 Å². The summed E-state index contributed by atoms with van der Waals surface area (Å²) in [5.74, 6) is 3.38. The van der Waals surface area contributed by atoms with E-state index in [1.807, 2.05) is 132 Å². The summed E-state index contributed by atoms with van der Waals surface area (Å²) in [6.45, 7) is 20.1. The third-order valence-corrected chi connectivity index (χ3v) is 14.8. The third kappa shape index (κ3) is 17.2. The van der Waals surface area contributed by atoms with Crippen molar-refractivity contribution in [2.45, 2.75) is 80.1 Å². The Kier molecular flexibility index (Phi) is 30.8. The molecule has 5 aliphatic carbocycles. The van der Waals surface area contributed by atoms with Crippen LogP contribution < -0.4 is 19.6 Å². The van der Waals surface area contributed by atoms with E-state index in [-0.39, 0.29) is 56.5 Å². The van der Waals surface area contributed by atoms with Crippen LogP contribution in [0.5, 0.6) is 0 Å². The third-order valence-electron chi connectivity index (χ3n) is 14.8. The summed E-state index contributed by atoms with van der Waals surface area (Å²) in [6, 6.07) is 65.6. The number of carbonyl (C=O) groups is 2. The van der Waals surface area contributed by atoms with Crippen molar-refractivity contribution in [2.24, 2.45) is 23.7 Å². The van der Waals surface area contributed by atoms with E-state index in [1.54, 1.807) is 0 Å². The maximum absolute atomic E-state index is 10.3. The van der Waals surface area contributed by atoms with Gasteiger partial charge in [-0.1, -0.05) is 250 Å². The SMILES string of the molecule is C.C.C1=CC2C=CC1C2.C=Cc1ccccc1.CC.CC.CC(C=O)c1ccccc1.CN1[CH-]N(CC2C3c4ccccc4C(c4ccccc43)C2CN2[CH-]N(C)c3ccccc32)c2ccccc21.O=CCc1ccccc1.[CH3-].[CH3-].[HH].[Rh]. The zero-order valence-corrected chi connectivity index (χ0v) is 49.7. The Labute approximate surface area is 505 Å². The first-order valence-electron chi connectivity index (χ1n) is 27.4. The Morgan fingerprint density at radius 1 is 0.519 bits per heavy atom. The molecular formula is C74H94N4O2Rh-4. The molecule has 7 aromatic rings. The van der Waals surface area contributed by atoms with Crippen molar-refractivity contribution in [3.63, 3.8) is 0 Å². The van der Waals surface area contributed by atoms with Gasteiger partial charge in [-0.2, -0.15) is 13.3 Å². The van der Waals surface area contributed by atoms with Crippen molar-refractivity contribution < 1.29 is 30.5 Å². The molecule has 1 radical (unpaired) electrons. The maximum Gasteiger partial charge on any atom is 0.127 e. The van der Waals surface area contributed by atoms with Crippen LogP contribution >= 0.6 is 0 Å². The Hall–Kier alpha value is -7.08. The first kappa shape index (κ1) is 70.0. The summed E-state index contributed by atoms with van der Waals surface area (Å²) in [5, 5.41) is 0. The fourth-order valence-electron chi connectivity index (χ4n) is 11.3. The molecule has 81 heavy (non-hydrogen) atoms. The van der Waals surface area contributed by atoms with E-state index < -0.39 is 0 Å². The molecule has 435 valence electrons. The molecule has 0 saturated heterocycles. The molecule has 0 saturated carbocycles. The predicted molar refractivity (Wildman–Crippen MR) is 351 cm³/mol. The summed E-state index contributed by atoms with van der Waals surface area (Å²) in [6.07, 6.45) is 14.8. The second kappa shape index (κ2) is 35.6. The maximum atomic E-state index is 10.3. The summed E-state index contributed by atoms with van der Waals surface area (Å²) in [7, 11) is 4.33. The van der Waals surface area contributed by atoms with E-state index in [1.165, 1.54) is 57.0 Å². The van der Waals surface area contributed by atoms with Crippen LogP contribution in [-0.2, 0) is 35.5 Å². The predicted octanol–water partition coefficient (Wildman–Crippen LogP) is 18.6. The zero-order valence-electron chi connectivity index (χ0n) is 48.1. The minimum absolute atomic E-state index is 0. The average molecular weight is 1170 g/mol. The number of fused-ring (bicyclic) bond motifs is 5. The van der Waals surface area contributed by atoms with Crippen molar-refractivity contribution in [1.29, 1.82) is 0 Å². The van der Waals surface area contributed by atoms with Crippen molar-refractivity contribution >= 4 is 41.4 Å². The fourth-order valence-corrected chi connectivity index (χ4v) is 11.3. The minimum Gasteiger partial charge on any atom is -0.504 e. The van der Waals surface area contributed by atoms with Gasteiger partial charge >= 0.3 is 0 Å². The van der Waals surface area contributed by atoms with E-state index in [0.717, 1.165) is 48.6 Å². The Bertz CT molecular complexity index is 2780. The van der Waals surface area contributed by atoms with Crippen molar-refractivity contribution in [1.82, 2.24) is 0 Å². The van der Waals surface area contributed by atoms with Crippen LogP contribution in [0.15, 0.2) is 219 Å². The molecule has 3 atom stereocenters. The van der Waals surface area contributed by atoms with Gasteiger partial charge in [0.05, 0.1) is 0 Å². The number of hydrogen-bond acceptors (Lipinski definition) is 6. The summed E-state index contributed by atoms with van der Waals surface area (Å²) in [5.41, 5.74) is 14.6. The monoisotopic (exact) mass is 1170 g/mol. The molecule has 0 fully saturated rings. The zero-order chi connectivity index (χ0) is 53.8. The molecule has 0 spiro atoms. The van der Waals surface area contributed by atoms with Gasteiger partial charge in [-0.05, 0) is 120 Å². The van der Waals surface area contributed by atoms with Gasteiger partial charge in [0.2, 0.25) is 0 Å². The van der Waals surface area contributed by atoms with Crippen LogP contribution in [0.1, 0.15) is 114 Å². The Balaban J connectivity index is 0.000000625. The number of allylic oxidation sites excluding steroid dienone is 4. The van der Waals surface area contributed by atoms with Crippen LogP contribution in [0.4, 0.5) is 22.7 Å². The first-order valence-corrected chi connectivity index (χ1v) is 27.4.